The molecule has 0 aliphatic rings. The Morgan fingerprint density at radius 3 is 2.42 bits per heavy atom. The molecule has 8 aromatic rings. The van der Waals surface area contributed by atoms with E-state index in [0.29, 0.717) is 0 Å². The van der Waals surface area contributed by atoms with E-state index in [2.05, 4.69) is 93.4 Å². The molecule has 0 radical (unpaired) electrons. The van der Waals surface area contributed by atoms with E-state index < -0.39 is 0 Å². The Kier molecular flexibility index (Phi) is 3.42. The summed E-state index contributed by atoms with van der Waals surface area (Å²) in [4.78, 5) is 9.87. The van der Waals surface area contributed by atoms with Crippen LogP contribution in [0, 0.1) is 0 Å². The third kappa shape index (κ3) is 2.33. The van der Waals surface area contributed by atoms with Crippen LogP contribution in [0.15, 0.2) is 91.4 Å². The Labute approximate surface area is 196 Å². The van der Waals surface area contributed by atoms with Crippen LogP contribution >= 0.6 is 22.7 Å². The molecule has 0 aliphatic carbocycles. The molecule has 0 bridgehead atoms. The number of aromatic nitrogens is 3. The summed E-state index contributed by atoms with van der Waals surface area (Å²) in [7, 11) is 0. The van der Waals surface area contributed by atoms with Gasteiger partial charge in [-0.15, -0.1) is 22.7 Å². The van der Waals surface area contributed by atoms with Crippen molar-refractivity contribution in [1.82, 2.24) is 14.5 Å². The van der Waals surface area contributed by atoms with E-state index >= 15 is 0 Å². The van der Waals surface area contributed by atoms with Crippen LogP contribution < -0.4 is 0 Å². The zero-order valence-corrected chi connectivity index (χ0v) is 19.0. The molecule has 0 atom stereocenters. The monoisotopic (exact) mass is 457 g/mol. The van der Waals surface area contributed by atoms with Crippen LogP contribution in [-0.2, 0) is 0 Å². The van der Waals surface area contributed by atoms with Crippen molar-refractivity contribution in [3.8, 4) is 5.69 Å². The maximum atomic E-state index is 4.55. The largest absolute Gasteiger partial charge is 0.308 e. The van der Waals surface area contributed by atoms with Gasteiger partial charge in [0.1, 0.15) is 11.2 Å². The second-order valence-corrected chi connectivity index (χ2v) is 10.4. The van der Waals surface area contributed by atoms with Gasteiger partial charge >= 0.3 is 0 Å². The standard InChI is InChI=1S/C28H15N3S2/c1-3-7-23-17(5-1)19-10-11-20-22-14-29-15-30-28(22)33-27(20)26(19)31(23)16-9-12-25-21(13-16)18-6-2-4-8-24(18)32-25/h1-15H. The molecule has 33 heavy (non-hydrogen) atoms. The zero-order valence-electron chi connectivity index (χ0n) is 17.3. The Balaban J connectivity index is 1.57. The minimum Gasteiger partial charge on any atom is -0.308 e. The van der Waals surface area contributed by atoms with E-state index in [1.165, 1.54) is 57.8 Å². The number of para-hydroxylation sites is 1. The normalized spacial score (nSPS) is 12.2. The van der Waals surface area contributed by atoms with Crippen molar-refractivity contribution in [1.29, 1.82) is 0 Å². The molecule has 0 amide bonds. The number of hydrogen-bond donors (Lipinski definition) is 0. The predicted octanol–water partition coefficient (Wildman–Crippen LogP) is 8.31. The maximum Gasteiger partial charge on any atom is 0.127 e. The zero-order chi connectivity index (χ0) is 21.5. The Morgan fingerprint density at radius 1 is 0.636 bits per heavy atom. The van der Waals surface area contributed by atoms with Gasteiger partial charge in [-0.05, 0) is 30.3 Å². The molecule has 4 aromatic heterocycles. The van der Waals surface area contributed by atoms with Gasteiger partial charge in [0.2, 0.25) is 0 Å². The molecule has 4 heterocycles. The highest BCUT2D eigenvalue weighted by molar-refractivity contribution is 7.26. The minimum absolute atomic E-state index is 1.03. The Hall–Kier alpha value is -3.80. The van der Waals surface area contributed by atoms with Crippen molar-refractivity contribution in [3.63, 3.8) is 0 Å². The average molecular weight is 458 g/mol. The third-order valence-electron chi connectivity index (χ3n) is 6.57. The number of hydrogen-bond acceptors (Lipinski definition) is 4. The van der Waals surface area contributed by atoms with Gasteiger partial charge in [0.05, 0.1) is 15.7 Å². The van der Waals surface area contributed by atoms with Gasteiger partial charge in [0, 0.05) is 53.6 Å². The molecule has 0 N–H and O–H groups in total. The Bertz CT molecular complexity index is 2040. The van der Waals surface area contributed by atoms with Crippen LogP contribution in [0.2, 0.25) is 0 Å². The number of nitrogens with zero attached hydrogens (tertiary/aromatic N) is 3. The molecule has 154 valence electrons. The highest BCUT2D eigenvalue weighted by Gasteiger charge is 2.18. The summed E-state index contributed by atoms with van der Waals surface area (Å²) in [6.07, 6.45) is 3.57. The molecule has 0 spiro atoms. The lowest BCUT2D eigenvalue weighted by Crippen LogP contribution is -1.93. The van der Waals surface area contributed by atoms with Gasteiger partial charge in [0.15, 0.2) is 0 Å². The molecule has 0 saturated carbocycles. The topological polar surface area (TPSA) is 30.7 Å². The summed E-state index contributed by atoms with van der Waals surface area (Å²) >= 11 is 3.61. The Morgan fingerprint density at radius 2 is 1.45 bits per heavy atom. The maximum absolute atomic E-state index is 4.55. The first-order chi connectivity index (χ1) is 16.4. The summed E-state index contributed by atoms with van der Waals surface area (Å²) in [6.45, 7) is 0. The van der Waals surface area contributed by atoms with Crippen molar-refractivity contribution >= 4 is 85.0 Å². The SMILES string of the molecule is c1ccc2c(c1)sc1ccc(-n3c4ccccc4c4ccc5c6cncnc6sc5c43)cc12. The van der Waals surface area contributed by atoms with Crippen molar-refractivity contribution in [2.75, 3.05) is 0 Å². The quantitative estimate of drug-likeness (QED) is 0.248. The summed E-state index contributed by atoms with van der Waals surface area (Å²) in [5.41, 5.74) is 3.66. The van der Waals surface area contributed by atoms with Gasteiger partial charge in [-0.1, -0.05) is 48.5 Å². The smallest absolute Gasteiger partial charge is 0.127 e. The number of thiophene rings is 2. The first kappa shape index (κ1) is 17.7. The molecular formula is C28H15N3S2. The molecular weight excluding hydrogens is 442 g/mol. The fraction of sp³-hybridized carbons (Fsp3) is 0. The van der Waals surface area contributed by atoms with Gasteiger partial charge in [-0.3, -0.25) is 0 Å². The second-order valence-electron chi connectivity index (χ2n) is 8.31. The fourth-order valence-corrected chi connectivity index (χ4v) is 7.38. The highest BCUT2D eigenvalue weighted by atomic mass is 32.1. The van der Waals surface area contributed by atoms with Gasteiger partial charge in [-0.25, -0.2) is 9.97 Å². The van der Waals surface area contributed by atoms with Gasteiger partial charge in [0.25, 0.3) is 0 Å². The van der Waals surface area contributed by atoms with Crippen LogP contribution in [0.5, 0.6) is 0 Å². The van der Waals surface area contributed by atoms with Crippen LogP contribution in [0.4, 0.5) is 0 Å². The molecule has 0 fully saturated rings. The summed E-state index contributed by atoms with van der Waals surface area (Å²) in [5, 5.41) is 7.52. The summed E-state index contributed by atoms with van der Waals surface area (Å²) in [6, 6.07) is 28.8. The van der Waals surface area contributed by atoms with Crippen molar-refractivity contribution < 1.29 is 0 Å². The average Bonchev–Trinajstić information content (AvgIpc) is 3.53. The molecule has 5 heteroatoms. The molecule has 3 nitrogen and oxygen atoms in total. The van der Waals surface area contributed by atoms with E-state index in [9.17, 15) is 0 Å². The van der Waals surface area contributed by atoms with Crippen molar-refractivity contribution in [3.05, 3.63) is 91.4 Å². The molecule has 8 rings (SSSR count). The van der Waals surface area contributed by atoms with E-state index in [0.717, 1.165) is 10.2 Å². The highest BCUT2D eigenvalue weighted by Crippen LogP contribution is 2.43. The molecule has 4 aromatic carbocycles. The van der Waals surface area contributed by atoms with Gasteiger partial charge < -0.3 is 4.57 Å². The van der Waals surface area contributed by atoms with Crippen molar-refractivity contribution in [2.24, 2.45) is 0 Å². The summed E-state index contributed by atoms with van der Waals surface area (Å²) in [5.74, 6) is 0. The number of rotatable bonds is 1. The lowest BCUT2D eigenvalue weighted by molar-refractivity contribution is 1.19. The molecule has 0 unspecified atom stereocenters. The van der Waals surface area contributed by atoms with Crippen LogP contribution in [0.3, 0.4) is 0 Å². The van der Waals surface area contributed by atoms with E-state index in [4.69, 9.17) is 0 Å². The predicted molar refractivity (Wildman–Crippen MR) is 142 cm³/mol. The van der Waals surface area contributed by atoms with E-state index in [1.807, 2.05) is 17.5 Å². The number of benzene rings is 4. The minimum atomic E-state index is 1.03. The first-order valence-corrected chi connectivity index (χ1v) is 12.5. The van der Waals surface area contributed by atoms with E-state index in [1.54, 1.807) is 17.7 Å². The van der Waals surface area contributed by atoms with Gasteiger partial charge in [-0.2, -0.15) is 0 Å². The molecule has 0 aliphatic heterocycles. The van der Waals surface area contributed by atoms with Crippen LogP contribution in [0.1, 0.15) is 0 Å². The first-order valence-electron chi connectivity index (χ1n) is 10.8. The van der Waals surface area contributed by atoms with Crippen LogP contribution in [-0.4, -0.2) is 14.5 Å². The molecule has 0 saturated heterocycles. The second kappa shape index (κ2) is 6.38. The van der Waals surface area contributed by atoms with Crippen LogP contribution in [0.25, 0.3) is 68.0 Å². The summed E-state index contributed by atoms with van der Waals surface area (Å²) < 4.78 is 6.34. The van der Waals surface area contributed by atoms with E-state index in [-0.39, 0.29) is 0 Å². The lowest BCUT2D eigenvalue weighted by atomic mass is 10.1. The third-order valence-corrected chi connectivity index (χ3v) is 8.86. The fourth-order valence-electron chi connectivity index (χ4n) is 5.15. The van der Waals surface area contributed by atoms with Crippen molar-refractivity contribution in [2.45, 2.75) is 0 Å². The lowest BCUT2D eigenvalue weighted by Gasteiger charge is -2.09. The number of fused-ring (bicyclic) bond motifs is 10.